The van der Waals surface area contributed by atoms with E-state index in [1.54, 1.807) is 0 Å². The predicted octanol–water partition coefficient (Wildman–Crippen LogP) is 17.4. The topological polar surface area (TPSA) is 55.8 Å². The highest BCUT2D eigenvalue weighted by Gasteiger charge is 2.13. The lowest BCUT2D eigenvalue weighted by Gasteiger charge is -2.16. The van der Waals surface area contributed by atoms with Crippen LogP contribution < -0.4 is 0 Å². The number of rotatable bonds is 49. The van der Waals surface area contributed by atoms with E-state index in [0.29, 0.717) is 19.6 Å². The molecular weight excluding hydrogens is 701 g/mol. The Labute approximate surface area is 358 Å². The zero-order valence-electron chi connectivity index (χ0n) is 38.9. The van der Waals surface area contributed by atoms with Gasteiger partial charge in [-0.05, 0) is 64.2 Å². The summed E-state index contributed by atoms with van der Waals surface area (Å²) in [5.74, 6) is -0.197. The fourth-order valence-corrected chi connectivity index (χ4v) is 7.85. The minimum absolute atomic E-state index is 0.169. The molecule has 0 spiro atoms. The average Bonchev–Trinajstić information content (AvgIpc) is 3.22. The number of hydrogen-bond donors (Lipinski definition) is 1. The number of carbonyl (C=O) groups excluding carboxylic acids is 1. The summed E-state index contributed by atoms with van der Waals surface area (Å²) in [7, 11) is 0. The van der Waals surface area contributed by atoms with Gasteiger partial charge < -0.3 is 14.6 Å². The third-order valence-electron chi connectivity index (χ3n) is 11.7. The first-order valence-corrected chi connectivity index (χ1v) is 25.9. The first-order chi connectivity index (χ1) is 28.2. The smallest absolute Gasteiger partial charge is 0.306 e. The monoisotopic (exact) mass is 803 g/mol. The van der Waals surface area contributed by atoms with Crippen LogP contribution in [0.5, 0.6) is 0 Å². The van der Waals surface area contributed by atoms with E-state index >= 15 is 0 Å². The molecule has 338 valence electrons. The lowest BCUT2D eigenvalue weighted by atomic mass is 10.0. The first kappa shape index (κ1) is 55.9. The summed E-state index contributed by atoms with van der Waals surface area (Å²) in [5.41, 5.74) is 0. The summed E-state index contributed by atoms with van der Waals surface area (Å²) in [6, 6.07) is 0. The molecule has 1 N–H and O–H groups in total. The molecule has 0 heterocycles. The van der Waals surface area contributed by atoms with Crippen molar-refractivity contribution in [3.8, 4) is 0 Å². The van der Waals surface area contributed by atoms with Gasteiger partial charge in [0, 0.05) is 13.0 Å². The second kappa shape index (κ2) is 51.0. The third-order valence-corrected chi connectivity index (χ3v) is 11.7. The first-order valence-electron chi connectivity index (χ1n) is 25.9. The molecule has 57 heavy (non-hydrogen) atoms. The standard InChI is InChI=1S/C53H102O4/c1-3-5-7-9-11-13-15-17-19-21-23-25-26-27-29-31-33-35-37-39-41-43-45-47-49-56-51-52(50-54)57-53(55)48-46-44-42-40-38-36-34-32-30-28-24-22-20-18-16-14-12-10-8-6-4-2/h21-24,52,54H,3-20,25-51H2,1-2H3/b23-21-,24-22-. The Morgan fingerprint density at radius 1 is 0.404 bits per heavy atom. The summed E-state index contributed by atoms with van der Waals surface area (Å²) in [6.07, 6.45) is 64.2. The number of esters is 1. The summed E-state index contributed by atoms with van der Waals surface area (Å²) in [4.78, 5) is 12.3. The Hall–Kier alpha value is -1.13. The highest BCUT2D eigenvalue weighted by Crippen LogP contribution is 2.16. The molecule has 0 rings (SSSR count). The molecule has 0 aromatic rings. The van der Waals surface area contributed by atoms with Gasteiger partial charge >= 0.3 is 5.97 Å². The van der Waals surface area contributed by atoms with E-state index in [1.807, 2.05) is 0 Å². The summed E-state index contributed by atoms with van der Waals surface area (Å²) >= 11 is 0. The van der Waals surface area contributed by atoms with Gasteiger partial charge in [0.05, 0.1) is 13.2 Å². The van der Waals surface area contributed by atoms with E-state index in [1.165, 1.54) is 244 Å². The average molecular weight is 803 g/mol. The number of hydrogen-bond acceptors (Lipinski definition) is 4. The van der Waals surface area contributed by atoms with Crippen molar-refractivity contribution in [1.82, 2.24) is 0 Å². The van der Waals surface area contributed by atoms with E-state index in [-0.39, 0.29) is 12.6 Å². The molecule has 0 aromatic heterocycles. The molecule has 0 aliphatic rings. The van der Waals surface area contributed by atoms with Gasteiger partial charge in [-0.2, -0.15) is 0 Å². The van der Waals surface area contributed by atoms with Gasteiger partial charge in [0.1, 0.15) is 6.10 Å². The summed E-state index contributed by atoms with van der Waals surface area (Å²) in [5, 5.41) is 9.65. The van der Waals surface area contributed by atoms with Crippen molar-refractivity contribution in [2.45, 2.75) is 290 Å². The van der Waals surface area contributed by atoms with Crippen LogP contribution in [0, 0.1) is 0 Å². The Morgan fingerprint density at radius 2 is 0.684 bits per heavy atom. The summed E-state index contributed by atoms with van der Waals surface area (Å²) in [6.45, 7) is 5.39. The van der Waals surface area contributed by atoms with E-state index < -0.39 is 6.10 Å². The van der Waals surface area contributed by atoms with Crippen molar-refractivity contribution in [2.24, 2.45) is 0 Å². The summed E-state index contributed by atoms with van der Waals surface area (Å²) < 4.78 is 11.2. The molecule has 0 saturated heterocycles. The fraction of sp³-hybridized carbons (Fsp3) is 0.906. The minimum atomic E-state index is -0.533. The fourth-order valence-electron chi connectivity index (χ4n) is 7.85. The second-order valence-corrected chi connectivity index (χ2v) is 17.6. The molecule has 4 heteroatoms. The molecule has 0 saturated carbocycles. The molecule has 0 radical (unpaired) electrons. The molecule has 1 atom stereocenters. The highest BCUT2D eigenvalue weighted by molar-refractivity contribution is 5.69. The van der Waals surface area contributed by atoms with Crippen LogP contribution in [0.4, 0.5) is 0 Å². The molecule has 1 unspecified atom stereocenters. The van der Waals surface area contributed by atoms with Crippen LogP contribution in [0.2, 0.25) is 0 Å². The number of carbonyl (C=O) groups is 1. The van der Waals surface area contributed by atoms with Gasteiger partial charge in [0.2, 0.25) is 0 Å². The van der Waals surface area contributed by atoms with Crippen LogP contribution in [0.15, 0.2) is 24.3 Å². The molecule has 0 bridgehead atoms. The quantitative estimate of drug-likeness (QED) is 0.0378. The Bertz CT molecular complexity index is 807. The Balaban J connectivity index is 3.37. The Morgan fingerprint density at radius 3 is 1.00 bits per heavy atom. The lowest BCUT2D eigenvalue weighted by Crippen LogP contribution is -2.27. The van der Waals surface area contributed by atoms with Crippen LogP contribution >= 0.6 is 0 Å². The van der Waals surface area contributed by atoms with Crippen molar-refractivity contribution in [3.63, 3.8) is 0 Å². The normalized spacial score (nSPS) is 12.4. The highest BCUT2D eigenvalue weighted by atomic mass is 16.6. The van der Waals surface area contributed by atoms with E-state index in [0.717, 1.165) is 19.3 Å². The van der Waals surface area contributed by atoms with Gasteiger partial charge in [-0.25, -0.2) is 0 Å². The van der Waals surface area contributed by atoms with Gasteiger partial charge in [0.25, 0.3) is 0 Å². The van der Waals surface area contributed by atoms with Crippen LogP contribution in [-0.2, 0) is 14.3 Å². The maximum atomic E-state index is 12.3. The van der Waals surface area contributed by atoms with Gasteiger partial charge in [-0.3, -0.25) is 4.79 Å². The molecule has 0 aromatic carbocycles. The molecule has 4 nitrogen and oxygen atoms in total. The molecule has 0 aliphatic carbocycles. The van der Waals surface area contributed by atoms with Gasteiger partial charge in [-0.1, -0.05) is 237 Å². The molecule has 0 aliphatic heterocycles. The van der Waals surface area contributed by atoms with Crippen LogP contribution in [-0.4, -0.2) is 37.0 Å². The van der Waals surface area contributed by atoms with Gasteiger partial charge in [0.15, 0.2) is 0 Å². The van der Waals surface area contributed by atoms with Crippen molar-refractivity contribution < 1.29 is 19.4 Å². The molecule has 0 amide bonds. The van der Waals surface area contributed by atoms with Crippen molar-refractivity contribution in [1.29, 1.82) is 0 Å². The zero-order valence-corrected chi connectivity index (χ0v) is 38.9. The maximum absolute atomic E-state index is 12.3. The maximum Gasteiger partial charge on any atom is 0.306 e. The number of ether oxygens (including phenoxy) is 2. The van der Waals surface area contributed by atoms with Crippen molar-refractivity contribution in [3.05, 3.63) is 24.3 Å². The van der Waals surface area contributed by atoms with Gasteiger partial charge in [-0.15, -0.1) is 0 Å². The molecular formula is C53H102O4. The van der Waals surface area contributed by atoms with Crippen molar-refractivity contribution >= 4 is 5.97 Å². The molecule has 0 fully saturated rings. The number of allylic oxidation sites excluding steroid dienone is 4. The van der Waals surface area contributed by atoms with E-state index in [9.17, 15) is 9.90 Å². The largest absolute Gasteiger partial charge is 0.457 e. The number of aliphatic hydroxyl groups is 1. The Kier molecular flexibility index (Phi) is 50.0. The SMILES string of the molecule is CCCCCCCCCC/C=C\CCCCCCCCCCCCCCOCC(CO)OC(=O)CCCCCCCCCCC/C=C\CCCCCCCCCC. The number of unbranched alkanes of at least 4 members (excludes halogenated alkanes) is 37. The van der Waals surface area contributed by atoms with E-state index in [2.05, 4.69) is 38.2 Å². The van der Waals surface area contributed by atoms with E-state index in [4.69, 9.17) is 9.47 Å². The second-order valence-electron chi connectivity index (χ2n) is 17.6. The lowest BCUT2D eigenvalue weighted by molar-refractivity contribution is -0.154. The van der Waals surface area contributed by atoms with Crippen molar-refractivity contribution in [2.75, 3.05) is 19.8 Å². The van der Waals surface area contributed by atoms with Crippen LogP contribution in [0.25, 0.3) is 0 Å². The minimum Gasteiger partial charge on any atom is -0.457 e. The zero-order chi connectivity index (χ0) is 41.2. The number of aliphatic hydroxyl groups excluding tert-OH is 1. The third kappa shape index (κ3) is 49.1. The van der Waals surface area contributed by atoms with Crippen LogP contribution in [0.1, 0.15) is 284 Å². The van der Waals surface area contributed by atoms with Crippen LogP contribution in [0.3, 0.4) is 0 Å². The predicted molar refractivity (Wildman–Crippen MR) is 251 cm³/mol.